The smallest absolute Gasteiger partial charge is 0.0839 e. The van der Waals surface area contributed by atoms with Crippen LogP contribution in [0.25, 0.3) is 6.08 Å². The van der Waals surface area contributed by atoms with Crippen LogP contribution in [0.1, 0.15) is 36.8 Å². The molecule has 1 aromatic rings. The second kappa shape index (κ2) is 3.48. The van der Waals surface area contributed by atoms with Gasteiger partial charge in [-0.2, -0.15) is 0 Å². The highest BCUT2D eigenvalue weighted by atomic mass is 14.8. The van der Waals surface area contributed by atoms with Crippen molar-refractivity contribution in [3.05, 3.63) is 29.9 Å². The van der Waals surface area contributed by atoms with Gasteiger partial charge in [-0.1, -0.05) is 20.4 Å². The molecule has 0 saturated carbocycles. The molecule has 0 atom stereocenters. The Morgan fingerprint density at radius 2 is 2.17 bits per heavy atom. The summed E-state index contributed by atoms with van der Waals surface area (Å²) >= 11 is 0. The lowest BCUT2D eigenvalue weighted by Crippen LogP contribution is -1.98. The minimum atomic E-state index is 0.428. The molecule has 0 bridgehead atoms. The maximum Gasteiger partial charge on any atom is 0.0839 e. The van der Waals surface area contributed by atoms with Crippen LogP contribution in [0.2, 0.25) is 0 Å². The quantitative estimate of drug-likeness (QED) is 0.667. The van der Waals surface area contributed by atoms with Crippen molar-refractivity contribution in [2.75, 3.05) is 0 Å². The number of nitrogens with zero attached hydrogens (tertiary/aromatic N) is 2. The highest BCUT2D eigenvalue weighted by Crippen LogP contribution is 2.12. The molecule has 0 aromatic carbocycles. The van der Waals surface area contributed by atoms with Crippen LogP contribution in [-0.4, -0.2) is 9.97 Å². The van der Waals surface area contributed by atoms with Crippen LogP contribution < -0.4 is 0 Å². The van der Waals surface area contributed by atoms with Crippen LogP contribution in [0, 0.1) is 6.92 Å². The summed E-state index contributed by atoms with van der Waals surface area (Å²) in [4.78, 5) is 8.65. The first-order valence-electron chi connectivity index (χ1n) is 4.11. The molecular weight excluding hydrogens is 148 g/mol. The van der Waals surface area contributed by atoms with Crippen molar-refractivity contribution in [2.24, 2.45) is 0 Å². The SMILES string of the molecule is C=Cc1nc(C(C)C)cnc1C. The van der Waals surface area contributed by atoms with Crippen molar-refractivity contribution in [3.63, 3.8) is 0 Å². The van der Waals surface area contributed by atoms with Gasteiger partial charge < -0.3 is 0 Å². The normalized spacial score (nSPS) is 10.3. The van der Waals surface area contributed by atoms with Crippen molar-refractivity contribution in [3.8, 4) is 0 Å². The van der Waals surface area contributed by atoms with E-state index in [0.717, 1.165) is 17.1 Å². The van der Waals surface area contributed by atoms with Gasteiger partial charge in [0.05, 0.1) is 17.1 Å². The third-order valence-electron chi connectivity index (χ3n) is 1.80. The van der Waals surface area contributed by atoms with Crippen molar-refractivity contribution in [2.45, 2.75) is 26.7 Å². The van der Waals surface area contributed by atoms with Crippen LogP contribution in [0.4, 0.5) is 0 Å². The molecule has 0 saturated heterocycles. The van der Waals surface area contributed by atoms with Crippen molar-refractivity contribution in [1.82, 2.24) is 9.97 Å². The zero-order valence-electron chi connectivity index (χ0n) is 7.83. The van der Waals surface area contributed by atoms with Gasteiger partial charge in [-0.05, 0) is 18.9 Å². The van der Waals surface area contributed by atoms with Gasteiger partial charge in [0, 0.05) is 6.20 Å². The molecule has 0 amide bonds. The molecule has 2 nitrogen and oxygen atoms in total. The fraction of sp³-hybridized carbons (Fsp3) is 0.400. The van der Waals surface area contributed by atoms with Crippen molar-refractivity contribution < 1.29 is 0 Å². The second-order valence-electron chi connectivity index (χ2n) is 3.12. The van der Waals surface area contributed by atoms with Gasteiger partial charge in [-0.3, -0.25) is 4.98 Å². The van der Waals surface area contributed by atoms with Crippen molar-refractivity contribution in [1.29, 1.82) is 0 Å². The first-order chi connectivity index (χ1) is 5.65. The number of hydrogen-bond acceptors (Lipinski definition) is 2. The summed E-state index contributed by atoms with van der Waals surface area (Å²) < 4.78 is 0. The molecule has 2 heteroatoms. The summed E-state index contributed by atoms with van der Waals surface area (Å²) in [5.74, 6) is 0.428. The van der Waals surface area contributed by atoms with E-state index in [-0.39, 0.29) is 0 Å². The van der Waals surface area contributed by atoms with Crippen molar-refractivity contribution >= 4 is 6.08 Å². The fourth-order valence-corrected chi connectivity index (χ4v) is 0.949. The lowest BCUT2D eigenvalue weighted by molar-refractivity contribution is 0.804. The zero-order valence-corrected chi connectivity index (χ0v) is 7.83. The van der Waals surface area contributed by atoms with Gasteiger partial charge in [-0.25, -0.2) is 4.98 Å². The number of rotatable bonds is 2. The lowest BCUT2D eigenvalue weighted by atomic mass is 10.1. The summed E-state index contributed by atoms with van der Waals surface area (Å²) in [6.07, 6.45) is 3.57. The molecule has 0 aliphatic heterocycles. The van der Waals surface area contributed by atoms with Gasteiger partial charge in [0.25, 0.3) is 0 Å². The first kappa shape index (κ1) is 8.91. The van der Waals surface area contributed by atoms with E-state index in [2.05, 4.69) is 30.4 Å². The highest BCUT2D eigenvalue weighted by molar-refractivity contribution is 5.44. The molecule has 0 aliphatic carbocycles. The van der Waals surface area contributed by atoms with E-state index in [0.29, 0.717) is 5.92 Å². The Morgan fingerprint density at radius 1 is 1.50 bits per heavy atom. The summed E-state index contributed by atoms with van der Waals surface area (Å²) in [7, 11) is 0. The van der Waals surface area contributed by atoms with Gasteiger partial charge in [0.1, 0.15) is 0 Å². The number of aryl methyl sites for hydroxylation is 1. The Labute approximate surface area is 73.4 Å². The summed E-state index contributed by atoms with van der Waals surface area (Å²) in [5.41, 5.74) is 2.85. The summed E-state index contributed by atoms with van der Waals surface area (Å²) in [5, 5.41) is 0. The van der Waals surface area contributed by atoms with E-state index in [1.54, 1.807) is 6.08 Å². The second-order valence-corrected chi connectivity index (χ2v) is 3.12. The number of aromatic nitrogens is 2. The summed E-state index contributed by atoms with van der Waals surface area (Å²) in [6, 6.07) is 0. The average Bonchev–Trinajstić information content (AvgIpc) is 2.05. The molecule has 0 N–H and O–H groups in total. The fourth-order valence-electron chi connectivity index (χ4n) is 0.949. The largest absolute Gasteiger partial charge is 0.257 e. The molecule has 12 heavy (non-hydrogen) atoms. The van der Waals surface area contributed by atoms with E-state index in [1.165, 1.54) is 0 Å². The summed E-state index contributed by atoms with van der Waals surface area (Å²) in [6.45, 7) is 9.84. The minimum Gasteiger partial charge on any atom is -0.257 e. The third kappa shape index (κ3) is 1.70. The average molecular weight is 162 g/mol. The molecule has 0 radical (unpaired) electrons. The lowest BCUT2D eigenvalue weighted by Gasteiger charge is -2.05. The Bertz CT molecular complexity index is 290. The Balaban J connectivity index is 3.13. The first-order valence-corrected chi connectivity index (χ1v) is 4.11. The maximum atomic E-state index is 4.41. The monoisotopic (exact) mass is 162 g/mol. The molecule has 0 spiro atoms. The van der Waals surface area contributed by atoms with Crippen LogP contribution in [0.15, 0.2) is 12.8 Å². The van der Waals surface area contributed by atoms with Crippen LogP contribution in [0.3, 0.4) is 0 Å². The Kier molecular flexibility index (Phi) is 2.58. The molecule has 0 aliphatic rings. The molecule has 1 rings (SSSR count). The van der Waals surface area contributed by atoms with E-state index < -0.39 is 0 Å². The number of hydrogen-bond donors (Lipinski definition) is 0. The van der Waals surface area contributed by atoms with E-state index in [1.807, 2.05) is 13.1 Å². The minimum absolute atomic E-state index is 0.428. The molecule has 64 valence electrons. The molecule has 0 unspecified atom stereocenters. The Hall–Kier alpha value is -1.18. The van der Waals surface area contributed by atoms with E-state index in [4.69, 9.17) is 0 Å². The van der Waals surface area contributed by atoms with Gasteiger partial charge in [0.15, 0.2) is 0 Å². The molecule has 1 aromatic heterocycles. The predicted molar refractivity (Wildman–Crippen MR) is 50.9 cm³/mol. The van der Waals surface area contributed by atoms with Crippen LogP contribution in [-0.2, 0) is 0 Å². The van der Waals surface area contributed by atoms with Gasteiger partial charge >= 0.3 is 0 Å². The van der Waals surface area contributed by atoms with E-state index >= 15 is 0 Å². The molecular formula is C10H14N2. The molecule has 1 heterocycles. The standard InChI is InChI=1S/C10H14N2/c1-5-9-8(4)11-6-10(12-9)7(2)3/h5-7H,1H2,2-4H3. The highest BCUT2D eigenvalue weighted by Gasteiger charge is 2.03. The van der Waals surface area contributed by atoms with Crippen LogP contribution >= 0.6 is 0 Å². The van der Waals surface area contributed by atoms with Gasteiger partial charge in [0.2, 0.25) is 0 Å². The van der Waals surface area contributed by atoms with E-state index in [9.17, 15) is 0 Å². The Morgan fingerprint density at radius 3 is 2.67 bits per heavy atom. The van der Waals surface area contributed by atoms with Gasteiger partial charge in [-0.15, -0.1) is 0 Å². The van der Waals surface area contributed by atoms with Crippen LogP contribution in [0.5, 0.6) is 0 Å². The predicted octanol–water partition coefficient (Wildman–Crippen LogP) is 2.55. The zero-order chi connectivity index (χ0) is 9.14. The molecule has 0 fully saturated rings. The maximum absolute atomic E-state index is 4.41. The topological polar surface area (TPSA) is 25.8 Å². The third-order valence-corrected chi connectivity index (χ3v) is 1.80.